The van der Waals surface area contributed by atoms with Crippen LogP contribution in [0.25, 0.3) is 5.57 Å². The van der Waals surface area contributed by atoms with Gasteiger partial charge in [0, 0.05) is 0 Å². The van der Waals surface area contributed by atoms with Crippen LogP contribution in [-0.2, 0) is 9.53 Å². The van der Waals surface area contributed by atoms with Crippen molar-refractivity contribution in [3.05, 3.63) is 30.1 Å². The van der Waals surface area contributed by atoms with Gasteiger partial charge < -0.3 is 4.74 Å². The lowest BCUT2D eigenvalue weighted by Crippen LogP contribution is -2.12. The van der Waals surface area contributed by atoms with Crippen LogP contribution in [0, 0.1) is 11.8 Å². The van der Waals surface area contributed by atoms with Crippen LogP contribution in [0.4, 0.5) is 0 Å². The Labute approximate surface area is 176 Å². The maximum atomic E-state index is 12.2. The maximum Gasteiger partial charge on any atom is 0.306 e. The van der Waals surface area contributed by atoms with Crippen LogP contribution in [0.5, 0.6) is 0 Å². The predicted molar refractivity (Wildman–Crippen MR) is 118 cm³/mol. The van der Waals surface area contributed by atoms with E-state index in [2.05, 4.69) is 56.2 Å². The third kappa shape index (κ3) is 8.15. The first-order chi connectivity index (χ1) is 14.0. The standard InChI is InChI=1S/C24H39N3O2/c1-5-6-7-8-9-10-11-15-29-24(28)17-21-13-12-14-22(16-21)23-18-27(26-25-23)20(4)19(2)3/h12,14,16,18-21H,5-11,13,15,17H2,1-4H3. The number of hydrogen-bond donors (Lipinski definition) is 0. The van der Waals surface area contributed by atoms with Gasteiger partial charge in [-0.1, -0.05) is 82.7 Å². The van der Waals surface area contributed by atoms with Crippen molar-refractivity contribution < 1.29 is 9.53 Å². The second-order valence-electron chi connectivity index (χ2n) is 8.63. The van der Waals surface area contributed by atoms with Crippen LogP contribution >= 0.6 is 0 Å². The third-order valence-corrected chi connectivity index (χ3v) is 5.78. The molecule has 2 rings (SSSR count). The largest absolute Gasteiger partial charge is 0.466 e. The average molecular weight is 402 g/mol. The fourth-order valence-corrected chi connectivity index (χ4v) is 3.49. The summed E-state index contributed by atoms with van der Waals surface area (Å²) < 4.78 is 7.38. The van der Waals surface area contributed by atoms with Crippen LogP contribution in [0.3, 0.4) is 0 Å². The van der Waals surface area contributed by atoms with E-state index in [0.29, 0.717) is 25.0 Å². The number of ether oxygens (including phenoxy) is 1. The molecule has 2 atom stereocenters. The third-order valence-electron chi connectivity index (χ3n) is 5.78. The Morgan fingerprint density at radius 3 is 2.62 bits per heavy atom. The SMILES string of the molecule is CCCCCCCCCOC(=O)CC1C=C(c2cn(C(C)C(C)C)nn2)C=CC1. The second-order valence-corrected chi connectivity index (χ2v) is 8.63. The summed E-state index contributed by atoms with van der Waals surface area (Å²) in [5.74, 6) is 0.576. The molecular formula is C24H39N3O2. The fourth-order valence-electron chi connectivity index (χ4n) is 3.49. The number of carbonyl (C=O) groups excluding carboxylic acids is 1. The minimum Gasteiger partial charge on any atom is -0.466 e. The Morgan fingerprint density at radius 1 is 1.17 bits per heavy atom. The van der Waals surface area contributed by atoms with Crippen molar-refractivity contribution in [1.82, 2.24) is 15.0 Å². The first kappa shape index (κ1) is 23.4. The molecule has 1 aliphatic rings. The molecule has 0 aliphatic heterocycles. The molecule has 162 valence electrons. The molecule has 0 radical (unpaired) electrons. The van der Waals surface area contributed by atoms with Crippen LogP contribution < -0.4 is 0 Å². The number of nitrogens with zero attached hydrogens (tertiary/aromatic N) is 3. The minimum absolute atomic E-state index is 0.0935. The smallest absolute Gasteiger partial charge is 0.306 e. The summed E-state index contributed by atoms with van der Waals surface area (Å²) in [6.07, 6.45) is 18.2. The van der Waals surface area contributed by atoms with Gasteiger partial charge in [0.1, 0.15) is 5.69 Å². The highest BCUT2D eigenvalue weighted by Crippen LogP contribution is 2.26. The van der Waals surface area contributed by atoms with Crippen molar-refractivity contribution in [3.8, 4) is 0 Å². The monoisotopic (exact) mass is 401 g/mol. The van der Waals surface area contributed by atoms with Gasteiger partial charge in [0.15, 0.2) is 0 Å². The average Bonchev–Trinajstić information content (AvgIpc) is 3.19. The molecule has 5 nitrogen and oxygen atoms in total. The Kier molecular flexibility index (Phi) is 10.2. The quantitative estimate of drug-likeness (QED) is 0.294. The summed E-state index contributed by atoms with van der Waals surface area (Å²) >= 11 is 0. The van der Waals surface area contributed by atoms with Crippen LogP contribution in [-0.4, -0.2) is 27.6 Å². The number of esters is 1. The lowest BCUT2D eigenvalue weighted by Gasteiger charge is -2.16. The Bertz CT molecular complexity index is 675. The molecule has 0 saturated heterocycles. The molecule has 2 unspecified atom stereocenters. The van der Waals surface area contributed by atoms with Crippen LogP contribution in [0.15, 0.2) is 24.4 Å². The summed E-state index contributed by atoms with van der Waals surface area (Å²) in [6, 6.07) is 0.307. The highest BCUT2D eigenvalue weighted by atomic mass is 16.5. The number of rotatable bonds is 13. The summed E-state index contributed by atoms with van der Waals surface area (Å²) in [4.78, 5) is 12.2. The normalized spacial score (nSPS) is 17.4. The van der Waals surface area contributed by atoms with E-state index in [-0.39, 0.29) is 11.9 Å². The second kappa shape index (κ2) is 12.6. The van der Waals surface area contributed by atoms with Gasteiger partial charge in [0.2, 0.25) is 0 Å². The van der Waals surface area contributed by atoms with E-state index < -0.39 is 0 Å². The van der Waals surface area contributed by atoms with Crippen molar-refractivity contribution in [1.29, 1.82) is 0 Å². The Morgan fingerprint density at radius 2 is 1.90 bits per heavy atom. The Hall–Kier alpha value is -1.91. The van der Waals surface area contributed by atoms with Crippen molar-refractivity contribution in [3.63, 3.8) is 0 Å². The van der Waals surface area contributed by atoms with E-state index in [1.165, 1.54) is 32.1 Å². The molecule has 29 heavy (non-hydrogen) atoms. The fraction of sp³-hybridized carbons (Fsp3) is 0.708. The van der Waals surface area contributed by atoms with Crippen LogP contribution in [0.2, 0.25) is 0 Å². The molecule has 0 bridgehead atoms. The van der Waals surface area contributed by atoms with Gasteiger partial charge in [0.25, 0.3) is 0 Å². The predicted octanol–water partition coefficient (Wildman–Crippen LogP) is 6.14. The van der Waals surface area contributed by atoms with Crippen molar-refractivity contribution in [2.24, 2.45) is 11.8 Å². The molecule has 0 N–H and O–H groups in total. The molecule has 0 fully saturated rings. The zero-order valence-electron chi connectivity index (χ0n) is 18.8. The molecule has 0 saturated carbocycles. The highest BCUT2D eigenvalue weighted by molar-refractivity contribution is 5.75. The number of hydrogen-bond acceptors (Lipinski definition) is 4. The molecule has 0 aromatic carbocycles. The van der Waals surface area contributed by atoms with E-state index in [1.54, 1.807) is 0 Å². The first-order valence-electron chi connectivity index (χ1n) is 11.5. The Balaban J connectivity index is 1.74. The van der Waals surface area contributed by atoms with Gasteiger partial charge in [-0.05, 0) is 37.2 Å². The van der Waals surface area contributed by atoms with E-state index in [4.69, 9.17) is 4.74 Å². The molecule has 1 heterocycles. The van der Waals surface area contributed by atoms with Crippen molar-refractivity contribution in [2.75, 3.05) is 6.61 Å². The minimum atomic E-state index is -0.0935. The van der Waals surface area contributed by atoms with Gasteiger partial charge in [0.05, 0.1) is 25.3 Å². The lowest BCUT2D eigenvalue weighted by molar-refractivity contribution is -0.144. The van der Waals surface area contributed by atoms with E-state index in [0.717, 1.165) is 30.5 Å². The van der Waals surface area contributed by atoms with Gasteiger partial charge in [-0.25, -0.2) is 4.68 Å². The van der Waals surface area contributed by atoms with E-state index in [9.17, 15) is 4.79 Å². The lowest BCUT2D eigenvalue weighted by atomic mass is 9.92. The number of unbranched alkanes of at least 4 members (excludes halogenated alkanes) is 6. The zero-order valence-corrected chi connectivity index (χ0v) is 18.8. The summed E-state index contributed by atoms with van der Waals surface area (Å²) in [7, 11) is 0. The topological polar surface area (TPSA) is 57.0 Å². The van der Waals surface area contributed by atoms with E-state index >= 15 is 0 Å². The van der Waals surface area contributed by atoms with E-state index in [1.807, 2.05) is 10.9 Å². The summed E-state index contributed by atoms with van der Waals surface area (Å²) in [5, 5.41) is 8.61. The molecule has 1 aromatic heterocycles. The van der Waals surface area contributed by atoms with Gasteiger partial charge in [-0.2, -0.15) is 0 Å². The van der Waals surface area contributed by atoms with Gasteiger partial charge in [-0.3, -0.25) is 4.79 Å². The number of aromatic nitrogens is 3. The maximum absolute atomic E-state index is 12.2. The molecule has 0 spiro atoms. The van der Waals surface area contributed by atoms with Gasteiger partial charge >= 0.3 is 5.97 Å². The summed E-state index contributed by atoms with van der Waals surface area (Å²) in [6.45, 7) is 9.29. The number of allylic oxidation sites excluding steroid dienone is 4. The number of carbonyl (C=O) groups is 1. The zero-order chi connectivity index (χ0) is 21.1. The molecule has 1 aromatic rings. The first-order valence-corrected chi connectivity index (χ1v) is 11.5. The van der Waals surface area contributed by atoms with Crippen molar-refractivity contribution >= 4 is 11.5 Å². The highest BCUT2D eigenvalue weighted by Gasteiger charge is 2.18. The molecular weight excluding hydrogens is 362 g/mol. The summed E-state index contributed by atoms with van der Waals surface area (Å²) in [5.41, 5.74) is 1.92. The van der Waals surface area contributed by atoms with Crippen LogP contribution in [0.1, 0.15) is 97.2 Å². The molecule has 0 amide bonds. The van der Waals surface area contributed by atoms with Crippen molar-refractivity contribution in [2.45, 2.75) is 91.5 Å². The molecule has 1 aliphatic carbocycles. The van der Waals surface area contributed by atoms with Gasteiger partial charge in [-0.15, -0.1) is 5.10 Å². The molecule has 5 heteroatoms.